The Morgan fingerprint density at radius 3 is 2.64 bits per heavy atom. The molecule has 0 radical (unpaired) electrons. The summed E-state index contributed by atoms with van der Waals surface area (Å²) in [7, 11) is -0.334. The summed E-state index contributed by atoms with van der Waals surface area (Å²) in [6.45, 7) is 3.25. The number of nitrogens with one attached hydrogen (secondary N) is 1. The summed E-state index contributed by atoms with van der Waals surface area (Å²) in [6, 6.07) is 4.81. The molecule has 1 N–H and O–H groups in total. The van der Waals surface area contributed by atoms with Gasteiger partial charge in [-0.1, -0.05) is 6.92 Å². The average Bonchev–Trinajstić information content (AvgIpc) is 2.60. The normalized spacial score (nSPS) is 18.6. The number of benzene rings is 1. The highest BCUT2D eigenvalue weighted by Gasteiger charge is 2.26. The van der Waals surface area contributed by atoms with Gasteiger partial charge in [-0.15, -0.1) is 0 Å². The first kappa shape index (κ1) is 19.5. The first-order valence-electron chi connectivity index (χ1n) is 8.35. The molecule has 1 fully saturated rings. The van der Waals surface area contributed by atoms with Crippen LogP contribution in [-0.2, 0) is 10.0 Å². The van der Waals surface area contributed by atoms with Crippen LogP contribution < -0.4 is 14.8 Å². The molecule has 1 amide bonds. The maximum atomic E-state index is 12.4. The van der Waals surface area contributed by atoms with E-state index in [0.717, 1.165) is 12.8 Å². The van der Waals surface area contributed by atoms with Crippen molar-refractivity contribution in [1.82, 2.24) is 9.62 Å². The Morgan fingerprint density at radius 2 is 2.00 bits per heavy atom. The third-order valence-electron chi connectivity index (χ3n) is 4.30. The van der Waals surface area contributed by atoms with Gasteiger partial charge in [-0.3, -0.25) is 4.79 Å². The Bertz CT molecular complexity index is 705. The molecule has 7 nitrogen and oxygen atoms in total. The van der Waals surface area contributed by atoms with Gasteiger partial charge >= 0.3 is 0 Å². The molecule has 1 heterocycles. The van der Waals surface area contributed by atoms with Crippen molar-refractivity contribution in [3.63, 3.8) is 0 Å². The van der Waals surface area contributed by atoms with Crippen LogP contribution in [0.15, 0.2) is 18.2 Å². The third kappa shape index (κ3) is 5.09. The van der Waals surface area contributed by atoms with E-state index in [1.54, 1.807) is 18.2 Å². The Balaban J connectivity index is 1.91. The summed E-state index contributed by atoms with van der Waals surface area (Å²) in [6.07, 6.45) is 1.94. The number of nitrogens with zero attached hydrogens (tertiary/aromatic N) is 1. The molecule has 1 atom stereocenters. The first-order chi connectivity index (χ1) is 11.9. The Hall–Kier alpha value is -1.80. The van der Waals surface area contributed by atoms with Crippen LogP contribution in [0.2, 0.25) is 0 Å². The molecule has 1 aromatic rings. The SMILES string of the molecule is COc1ccc(C(=O)NCCS(=O)(=O)N2CCC[C@@H](C)C2)cc1OC. The van der Waals surface area contributed by atoms with Gasteiger partial charge in [-0.05, 0) is 37.0 Å². The minimum Gasteiger partial charge on any atom is -0.493 e. The molecule has 140 valence electrons. The standard InChI is InChI=1S/C17H26N2O5S/c1-13-5-4-9-19(12-13)25(21,22)10-8-18-17(20)14-6-7-15(23-2)16(11-14)24-3/h6-7,11,13H,4-5,8-10,12H2,1-3H3,(H,18,20)/t13-/m1/s1. The van der Waals surface area contributed by atoms with Crippen LogP contribution in [0.4, 0.5) is 0 Å². The highest BCUT2D eigenvalue weighted by Crippen LogP contribution is 2.27. The third-order valence-corrected chi connectivity index (χ3v) is 6.14. The van der Waals surface area contributed by atoms with Gasteiger partial charge in [0.1, 0.15) is 0 Å². The summed E-state index contributed by atoms with van der Waals surface area (Å²) in [5.74, 6) is 0.914. The number of hydrogen-bond donors (Lipinski definition) is 1. The van der Waals surface area contributed by atoms with E-state index in [1.165, 1.54) is 18.5 Å². The second-order valence-corrected chi connectivity index (χ2v) is 8.34. The highest BCUT2D eigenvalue weighted by atomic mass is 32.2. The van der Waals surface area contributed by atoms with Gasteiger partial charge in [0.25, 0.3) is 5.91 Å². The van der Waals surface area contributed by atoms with Crippen molar-refractivity contribution in [2.75, 3.05) is 39.6 Å². The molecule has 0 saturated carbocycles. The molecule has 0 spiro atoms. The van der Waals surface area contributed by atoms with E-state index in [2.05, 4.69) is 12.2 Å². The molecule has 2 rings (SSSR count). The smallest absolute Gasteiger partial charge is 0.251 e. The Labute approximate surface area is 149 Å². The van der Waals surface area contributed by atoms with Gasteiger partial charge in [-0.25, -0.2) is 12.7 Å². The lowest BCUT2D eigenvalue weighted by Crippen LogP contribution is -2.42. The van der Waals surface area contributed by atoms with E-state index >= 15 is 0 Å². The summed E-state index contributed by atoms with van der Waals surface area (Å²) >= 11 is 0. The highest BCUT2D eigenvalue weighted by molar-refractivity contribution is 7.89. The molecular formula is C17H26N2O5S. The number of carbonyl (C=O) groups excluding carboxylic acids is 1. The molecule has 0 aromatic heterocycles. The molecule has 0 unspecified atom stereocenters. The largest absolute Gasteiger partial charge is 0.493 e. The lowest BCUT2D eigenvalue weighted by molar-refractivity contribution is 0.0955. The zero-order valence-electron chi connectivity index (χ0n) is 14.9. The monoisotopic (exact) mass is 370 g/mol. The van der Waals surface area contributed by atoms with Crippen LogP contribution in [-0.4, -0.2) is 58.2 Å². The molecule has 8 heteroatoms. The van der Waals surface area contributed by atoms with Crippen molar-refractivity contribution < 1.29 is 22.7 Å². The van der Waals surface area contributed by atoms with Gasteiger partial charge < -0.3 is 14.8 Å². The van der Waals surface area contributed by atoms with E-state index in [1.807, 2.05) is 0 Å². The molecule has 1 aliphatic rings. The predicted octanol–water partition coefficient (Wildman–Crippen LogP) is 1.50. The van der Waals surface area contributed by atoms with Crippen LogP contribution in [0.5, 0.6) is 11.5 Å². The van der Waals surface area contributed by atoms with Gasteiger partial charge in [0, 0.05) is 25.2 Å². The summed E-state index contributed by atoms with van der Waals surface area (Å²) < 4.78 is 36.6. The number of piperidine rings is 1. The number of hydrogen-bond acceptors (Lipinski definition) is 5. The summed E-state index contributed by atoms with van der Waals surface area (Å²) in [5.41, 5.74) is 0.390. The topological polar surface area (TPSA) is 84.9 Å². The predicted molar refractivity (Wildman–Crippen MR) is 95.6 cm³/mol. The summed E-state index contributed by atoms with van der Waals surface area (Å²) in [5, 5.41) is 2.65. The zero-order valence-corrected chi connectivity index (χ0v) is 15.8. The van der Waals surface area contributed by atoms with Crippen LogP contribution >= 0.6 is 0 Å². The first-order valence-corrected chi connectivity index (χ1v) is 9.96. The lowest BCUT2D eigenvalue weighted by Gasteiger charge is -2.30. The van der Waals surface area contributed by atoms with E-state index in [9.17, 15) is 13.2 Å². The molecular weight excluding hydrogens is 344 g/mol. The fraction of sp³-hybridized carbons (Fsp3) is 0.588. The van der Waals surface area contributed by atoms with Crippen LogP contribution in [0, 0.1) is 5.92 Å². The number of ether oxygens (including phenoxy) is 2. The zero-order chi connectivity index (χ0) is 18.4. The van der Waals surface area contributed by atoms with E-state index < -0.39 is 10.0 Å². The number of rotatable bonds is 7. The number of amides is 1. The number of carbonyl (C=O) groups is 1. The van der Waals surface area contributed by atoms with Crippen molar-refractivity contribution in [1.29, 1.82) is 0 Å². The van der Waals surface area contributed by atoms with Crippen LogP contribution in [0.1, 0.15) is 30.1 Å². The van der Waals surface area contributed by atoms with E-state index in [-0.39, 0.29) is 18.2 Å². The molecule has 25 heavy (non-hydrogen) atoms. The molecule has 1 aromatic carbocycles. The van der Waals surface area contributed by atoms with Crippen molar-refractivity contribution in [2.24, 2.45) is 5.92 Å². The van der Waals surface area contributed by atoms with Gasteiger partial charge in [0.15, 0.2) is 11.5 Å². The van der Waals surface area contributed by atoms with Crippen molar-refractivity contribution >= 4 is 15.9 Å². The lowest BCUT2D eigenvalue weighted by atomic mass is 10.0. The fourth-order valence-electron chi connectivity index (χ4n) is 2.90. The van der Waals surface area contributed by atoms with E-state index in [4.69, 9.17) is 9.47 Å². The number of sulfonamides is 1. The number of methoxy groups -OCH3 is 2. The van der Waals surface area contributed by atoms with Gasteiger partial charge in [0.05, 0.1) is 20.0 Å². The van der Waals surface area contributed by atoms with Gasteiger partial charge in [-0.2, -0.15) is 0 Å². The Kier molecular flexibility index (Phi) is 6.66. The van der Waals surface area contributed by atoms with Crippen molar-refractivity contribution in [3.05, 3.63) is 23.8 Å². The minimum atomic E-state index is -3.34. The fourth-order valence-corrected chi connectivity index (χ4v) is 4.41. The molecule has 0 aliphatic carbocycles. The molecule has 1 saturated heterocycles. The van der Waals surface area contributed by atoms with E-state index in [0.29, 0.717) is 36.1 Å². The van der Waals surface area contributed by atoms with Crippen LogP contribution in [0.3, 0.4) is 0 Å². The minimum absolute atomic E-state index is 0.0698. The quantitative estimate of drug-likeness (QED) is 0.786. The second kappa shape index (κ2) is 8.53. The van der Waals surface area contributed by atoms with Gasteiger partial charge in [0.2, 0.25) is 10.0 Å². The Morgan fingerprint density at radius 1 is 1.28 bits per heavy atom. The van der Waals surface area contributed by atoms with Crippen molar-refractivity contribution in [3.8, 4) is 11.5 Å². The average molecular weight is 370 g/mol. The molecule has 1 aliphatic heterocycles. The summed E-state index contributed by atoms with van der Waals surface area (Å²) in [4.78, 5) is 12.2. The maximum Gasteiger partial charge on any atom is 0.251 e. The second-order valence-electron chi connectivity index (χ2n) is 6.25. The van der Waals surface area contributed by atoms with Crippen LogP contribution in [0.25, 0.3) is 0 Å². The maximum absolute atomic E-state index is 12.4. The van der Waals surface area contributed by atoms with Crippen molar-refractivity contribution in [2.45, 2.75) is 19.8 Å². The molecule has 0 bridgehead atoms.